The number of aliphatic hydroxyl groups is 1. The molecule has 1 N–H and O–H groups in total. The Hall–Kier alpha value is -0.390. The molecule has 0 aliphatic rings. The second-order valence-electron chi connectivity index (χ2n) is 3.70. The zero-order valence-electron chi connectivity index (χ0n) is 9.22. The van der Waals surface area contributed by atoms with Gasteiger partial charge in [-0.1, -0.05) is 53.2 Å². The normalized spacial score (nSPS) is 17.8. The van der Waals surface area contributed by atoms with E-state index in [1.165, 1.54) is 6.92 Å². The van der Waals surface area contributed by atoms with Gasteiger partial charge in [-0.3, -0.25) is 0 Å². The number of hydrogen-bond acceptors (Lipinski definition) is 3. The van der Waals surface area contributed by atoms with Crippen molar-refractivity contribution in [2.75, 3.05) is 5.75 Å². The van der Waals surface area contributed by atoms with E-state index in [4.69, 9.17) is 0 Å². The van der Waals surface area contributed by atoms with Crippen molar-refractivity contribution in [1.29, 1.82) is 0 Å². The summed E-state index contributed by atoms with van der Waals surface area (Å²) in [6.07, 6.45) is -1.08. The number of aliphatic hydroxyl groups excluding tert-OH is 1. The molecular formula is C11H15BrO3S. The van der Waals surface area contributed by atoms with Crippen molar-refractivity contribution in [3.8, 4) is 0 Å². The van der Waals surface area contributed by atoms with E-state index in [1.54, 1.807) is 31.2 Å². The van der Waals surface area contributed by atoms with E-state index in [0.717, 1.165) is 0 Å². The summed E-state index contributed by atoms with van der Waals surface area (Å²) in [6, 6.07) is 8.75. The SMILES string of the molecule is CCS(=O)(=O)[C@@](C)(Br)[C@H](O)c1ccccc1. The number of alkyl halides is 1. The van der Waals surface area contributed by atoms with Gasteiger partial charge in [0, 0.05) is 5.75 Å². The standard InChI is InChI=1S/C11H15BrO3S/c1-3-16(14,15)11(2,12)10(13)9-7-5-4-6-8-9/h4-8,10,13H,3H2,1-2H3/t10-,11-/m1/s1. The van der Waals surface area contributed by atoms with Crippen LogP contribution >= 0.6 is 15.9 Å². The van der Waals surface area contributed by atoms with Gasteiger partial charge >= 0.3 is 0 Å². The molecule has 0 unspecified atom stereocenters. The minimum absolute atomic E-state index is 0.0152. The summed E-state index contributed by atoms with van der Waals surface area (Å²) in [4.78, 5) is 0. The largest absolute Gasteiger partial charge is 0.386 e. The van der Waals surface area contributed by atoms with E-state index in [-0.39, 0.29) is 5.75 Å². The molecule has 1 aromatic rings. The Labute approximate surface area is 105 Å². The van der Waals surface area contributed by atoms with Crippen LogP contribution in [0.3, 0.4) is 0 Å². The quantitative estimate of drug-likeness (QED) is 0.868. The van der Waals surface area contributed by atoms with Crippen LogP contribution in [0.25, 0.3) is 0 Å². The van der Waals surface area contributed by atoms with Crippen LogP contribution in [-0.2, 0) is 9.84 Å². The number of sulfone groups is 1. The average molecular weight is 307 g/mol. The average Bonchev–Trinajstić information content (AvgIpc) is 2.29. The van der Waals surface area contributed by atoms with Crippen molar-refractivity contribution in [3.63, 3.8) is 0 Å². The lowest BCUT2D eigenvalue weighted by atomic mass is 10.1. The Morgan fingerprint density at radius 2 is 1.88 bits per heavy atom. The lowest BCUT2D eigenvalue weighted by Gasteiger charge is -2.28. The first-order valence-electron chi connectivity index (χ1n) is 4.97. The van der Waals surface area contributed by atoms with E-state index in [9.17, 15) is 13.5 Å². The third-order valence-electron chi connectivity index (χ3n) is 2.59. The number of halogens is 1. The van der Waals surface area contributed by atoms with E-state index >= 15 is 0 Å². The highest BCUT2D eigenvalue weighted by molar-refractivity contribution is 9.11. The first-order chi connectivity index (χ1) is 7.33. The van der Waals surface area contributed by atoms with E-state index in [1.807, 2.05) is 6.07 Å². The summed E-state index contributed by atoms with van der Waals surface area (Å²) in [6.45, 7) is 3.04. The van der Waals surface area contributed by atoms with Crippen LogP contribution < -0.4 is 0 Å². The summed E-state index contributed by atoms with van der Waals surface area (Å²) in [5.41, 5.74) is 0.582. The molecule has 0 amide bonds. The van der Waals surface area contributed by atoms with E-state index < -0.39 is 19.6 Å². The molecule has 90 valence electrons. The molecular weight excluding hydrogens is 292 g/mol. The maximum Gasteiger partial charge on any atom is 0.168 e. The van der Waals surface area contributed by atoms with Crippen LogP contribution in [-0.4, -0.2) is 22.9 Å². The van der Waals surface area contributed by atoms with Gasteiger partial charge < -0.3 is 5.11 Å². The van der Waals surface area contributed by atoms with Crippen LogP contribution in [0.2, 0.25) is 0 Å². The molecule has 0 spiro atoms. The first-order valence-corrected chi connectivity index (χ1v) is 7.41. The highest BCUT2D eigenvalue weighted by atomic mass is 79.9. The van der Waals surface area contributed by atoms with E-state index in [2.05, 4.69) is 15.9 Å². The molecule has 0 saturated heterocycles. The van der Waals surface area contributed by atoms with Crippen molar-refractivity contribution in [1.82, 2.24) is 0 Å². The monoisotopic (exact) mass is 306 g/mol. The topological polar surface area (TPSA) is 54.4 Å². The Kier molecular flexibility index (Phi) is 4.15. The lowest BCUT2D eigenvalue weighted by molar-refractivity contribution is 0.167. The molecule has 16 heavy (non-hydrogen) atoms. The van der Waals surface area contributed by atoms with Crippen LogP contribution in [0, 0.1) is 0 Å². The molecule has 0 radical (unpaired) electrons. The molecule has 0 aliphatic carbocycles. The molecule has 0 fully saturated rings. The summed E-state index contributed by atoms with van der Waals surface area (Å²) < 4.78 is 22.3. The second kappa shape index (κ2) is 4.85. The van der Waals surface area contributed by atoms with Crippen LogP contribution in [0.15, 0.2) is 30.3 Å². The zero-order valence-corrected chi connectivity index (χ0v) is 11.6. The molecule has 0 bridgehead atoms. The molecule has 0 aliphatic heterocycles. The Morgan fingerprint density at radius 3 is 2.31 bits per heavy atom. The van der Waals surface area contributed by atoms with Crippen molar-refractivity contribution in [2.45, 2.75) is 23.6 Å². The fraction of sp³-hybridized carbons (Fsp3) is 0.455. The Balaban J connectivity index is 3.11. The van der Waals surface area contributed by atoms with Gasteiger partial charge in [0.05, 0.1) is 0 Å². The van der Waals surface area contributed by atoms with Crippen LogP contribution in [0.4, 0.5) is 0 Å². The molecule has 5 heteroatoms. The molecule has 3 nitrogen and oxygen atoms in total. The van der Waals surface area contributed by atoms with E-state index in [0.29, 0.717) is 5.56 Å². The Morgan fingerprint density at radius 1 is 1.38 bits per heavy atom. The van der Waals surface area contributed by atoms with Crippen LogP contribution in [0.1, 0.15) is 25.5 Å². The lowest BCUT2D eigenvalue weighted by Crippen LogP contribution is -2.36. The van der Waals surface area contributed by atoms with Gasteiger partial charge in [0.15, 0.2) is 13.5 Å². The Bertz CT molecular complexity index is 440. The smallest absolute Gasteiger partial charge is 0.168 e. The van der Waals surface area contributed by atoms with Crippen molar-refractivity contribution in [2.24, 2.45) is 0 Å². The number of rotatable bonds is 4. The highest BCUT2D eigenvalue weighted by Gasteiger charge is 2.42. The second-order valence-corrected chi connectivity index (χ2v) is 8.53. The predicted octanol–water partition coefficient (Wildman–Crippen LogP) is 2.27. The van der Waals surface area contributed by atoms with Gasteiger partial charge in [-0.2, -0.15) is 0 Å². The fourth-order valence-corrected chi connectivity index (χ4v) is 3.38. The summed E-state index contributed by atoms with van der Waals surface area (Å²) >= 11 is 3.13. The third kappa shape index (κ3) is 2.47. The number of hydrogen-bond donors (Lipinski definition) is 1. The minimum Gasteiger partial charge on any atom is -0.386 e. The fourth-order valence-electron chi connectivity index (χ4n) is 1.39. The van der Waals surface area contributed by atoms with Gasteiger partial charge in [-0.05, 0) is 12.5 Å². The summed E-state index contributed by atoms with van der Waals surface area (Å²) in [7, 11) is -3.38. The van der Waals surface area contributed by atoms with Gasteiger partial charge in [-0.25, -0.2) is 8.42 Å². The maximum absolute atomic E-state index is 11.8. The number of benzene rings is 1. The predicted molar refractivity (Wildman–Crippen MR) is 68.2 cm³/mol. The molecule has 2 atom stereocenters. The first kappa shape index (κ1) is 13.7. The molecule has 1 rings (SSSR count). The van der Waals surface area contributed by atoms with Gasteiger partial charge in [0.2, 0.25) is 0 Å². The molecule has 1 aromatic carbocycles. The molecule has 0 saturated carbocycles. The third-order valence-corrected chi connectivity index (χ3v) is 6.70. The zero-order chi connectivity index (χ0) is 12.4. The summed E-state index contributed by atoms with van der Waals surface area (Å²) in [5.74, 6) is -0.0152. The van der Waals surface area contributed by atoms with Crippen LogP contribution in [0.5, 0.6) is 0 Å². The van der Waals surface area contributed by atoms with Crippen molar-refractivity contribution < 1.29 is 13.5 Å². The van der Waals surface area contributed by atoms with Gasteiger partial charge in [0.1, 0.15) is 6.10 Å². The highest BCUT2D eigenvalue weighted by Crippen LogP contribution is 2.38. The summed E-state index contributed by atoms with van der Waals surface area (Å²) in [5, 5.41) is 10.1. The van der Waals surface area contributed by atoms with Gasteiger partial charge in [-0.15, -0.1) is 0 Å². The van der Waals surface area contributed by atoms with Crippen molar-refractivity contribution in [3.05, 3.63) is 35.9 Å². The van der Waals surface area contributed by atoms with Crippen molar-refractivity contribution >= 4 is 25.8 Å². The minimum atomic E-state index is -3.38. The molecule has 0 heterocycles. The van der Waals surface area contributed by atoms with Gasteiger partial charge in [0.25, 0.3) is 0 Å². The molecule has 0 aromatic heterocycles. The maximum atomic E-state index is 11.8.